The standard InChI is InChI=1S/C26H34N2O7/c1-7-18(8-2)22(30)23-21(27-16(3)29)19(28-25(32)35-26(4,5)6)14-20(34-23)24(31)33-15-17-12-10-9-11-13-17/h7-14,18-19,21-23,30H,1-2,15H2,3-6H3,(H,27,29)(H,28,32)/t19-,21+,22?,23+/m0/s1. The third-order valence-corrected chi connectivity index (χ3v) is 5.08. The molecule has 4 atom stereocenters. The largest absolute Gasteiger partial charge is 0.478 e. The lowest BCUT2D eigenvalue weighted by molar-refractivity contribution is -0.149. The van der Waals surface area contributed by atoms with Gasteiger partial charge < -0.3 is 30.0 Å². The summed E-state index contributed by atoms with van der Waals surface area (Å²) < 4.78 is 16.6. The van der Waals surface area contributed by atoms with Crippen LogP contribution in [0.25, 0.3) is 0 Å². The molecule has 0 fully saturated rings. The number of carbonyl (C=O) groups excluding carboxylic acids is 3. The van der Waals surface area contributed by atoms with E-state index in [1.54, 1.807) is 32.9 Å². The third kappa shape index (κ3) is 8.29. The zero-order valence-corrected chi connectivity index (χ0v) is 20.5. The molecule has 1 aliphatic heterocycles. The van der Waals surface area contributed by atoms with Gasteiger partial charge in [-0.05, 0) is 32.4 Å². The predicted molar refractivity (Wildman–Crippen MR) is 130 cm³/mol. The van der Waals surface area contributed by atoms with Crippen LogP contribution in [0.4, 0.5) is 4.79 Å². The van der Waals surface area contributed by atoms with Gasteiger partial charge in [0.05, 0.1) is 12.1 Å². The van der Waals surface area contributed by atoms with Crippen molar-refractivity contribution in [1.29, 1.82) is 0 Å². The number of benzene rings is 1. The summed E-state index contributed by atoms with van der Waals surface area (Å²) in [5, 5.41) is 16.4. The summed E-state index contributed by atoms with van der Waals surface area (Å²) in [6, 6.07) is 7.17. The minimum Gasteiger partial charge on any atom is -0.478 e. The molecule has 0 bridgehead atoms. The van der Waals surface area contributed by atoms with Crippen LogP contribution in [0.2, 0.25) is 0 Å². The quantitative estimate of drug-likeness (QED) is 0.362. The van der Waals surface area contributed by atoms with Crippen LogP contribution in [-0.4, -0.2) is 53.0 Å². The number of hydrogen-bond acceptors (Lipinski definition) is 7. The average molecular weight is 487 g/mol. The van der Waals surface area contributed by atoms with Crippen molar-refractivity contribution in [2.45, 2.75) is 64.2 Å². The highest BCUT2D eigenvalue weighted by molar-refractivity contribution is 5.87. The molecule has 0 spiro atoms. The fourth-order valence-electron chi connectivity index (χ4n) is 3.50. The van der Waals surface area contributed by atoms with Crippen molar-refractivity contribution in [3.8, 4) is 0 Å². The first-order valence-corrected chi connectivity index (χ1v) is 11.2. The fraction of sp³-hybridized carbons (Fsp3) is 0.423. The Bertz CT molecular complexity index is 944. The molecule has 2 amide bonds. The second kappa shape index (κ2) is 12.2. The van der Waals surface area contributed by atoms with Crippen molar-refractivity contribution in [3.63, 3.8) is 0 Å². The zero-order valence-electron chi connectivity index (χ0n) is 20.5. The smallest absolute Gasteiger partial charge is 0.408 e. The van der Waals surface area contributed by atoms with E-state index in [4.69, 9.17) is 14.2 Å². The number of nitrogens with one attached hydrogen (secondary N) is 2. The van der Waals surface area contributed by atoms with Crippen LogP contribution >= 0.6 is 0 Å². The zero-order chi connectivity index (χ0) is 26.2. The van der Waals surface area contributed by atoms with E-state index in [2.05, 4.69) is 23.8 Å². The Hall–Kier alpha value is -3.59. The molecule has 1 heterocycles. The maximum Gasteiger partial charge on any atom is 0.408 e. The molecule has 9 heteroatoms. The second-order valence-electron chi connectivity index (χ2n) is 9.11. The molecule has 0 saturated heterocycles. The van der Waals surface area contributed by atoms with Gasteiger partial charge in [0.15, 0.2) is 0 Å². The van der Waals surface area contributed by atoms with Crippen molar-refractivity contribution < 1.29 is 33.7 Å². The van der Waals surface area contributed by atoms with E-state index < -0.39 is 53.8 Å². The highest BCUT2D eigenvalue weighted by Gasteiger charge is 2.44. The summed E-state index contributed by atoms with van der Waals surface area (Å²) in [4.78, 5) is 37.4. The summed E-state index contributed by atoms with van der Waals surface area (Å²) in [6.07, 6.45) is 1.09. The molecule has 190 valence electrons. The number of aliphatic hydroxyl groups is 1. The van der Waals surface area contributed by atoms with E-state index in [1.807, 2.05) is 18.2 Å². The Morgan fingerprint density at radius 1 is 1.14 bits per heavy atom. The van der Waals surface area contributed by atoms with Gasteiger partial charge in [0.1, 0.15) is 24.4 Å². The van der Waals surface area contributed by atoms with Crippen molar-refractivity contribution in [3.05, 3.63) is 73.0 Å². The van der Waals surface area contributed by atoms with E-state index in [-0.39, 0.29) is 12.4 Å². The van der Waals surface area contributed by atoms with Crippen LogP contribution in [0.5, 0.6) is 0 Å². The minimum absolute atomic E-state index is 0.00514. The summed E-state index contributed by atoms with van der Waals surface area (Å²) >= 11 is 0. The Balaban J connectivity index is 2.38. The highest BCUT2D eigenvalue weighted by atomic mass is 16.6. The molecule has 0 saturated carbocycles. The van der Waals surface area contributed by atoms with Gasteiger partial charge in [0.2, 0.25) is 11.7 Å². The first kappa shape index (κ1) is 27.7. The van der Waals surface area contributed by atoms with Gasteiger partial charge in [-0.2, -0.15) is 0 Å². The molecule has 0 radical (unpaired) electrons. The van der Waals surface area contributed by atoms with Gasteiger partial charge in [-0.3, -0.25) is 4.79 Å². The second-order valence-corrected chi connectivity index (χ2v) is 9.11. The molecule has 35 heavy (non-hydrogen) atoms. The molecule has 1 aromatic rings. The molecular formula is C26H34N2O7. The number of aliphatic hydroxyl groups excluding tert-OH is 1. The molecule has 1 aliphatic rings. The Kier molecular flexibility index (Phi) is 9.65. The van der Waals surface area contributed by atoms with Gasteiger partial charge >= 0.3 is 12.1 Å². The molecule has 0 aliphatic carbocycles. The lowest BCUT2D eigenvalue weighted by Crippen LogP contribution is -2.62. The van der Waals surface area contributed by atoms with Crippen LogP contribution in [0, 0.1) is 5.92 Å². The van der Waals surface area contributed by atoms with Crippen LogP contribution < -0.4 is 10.6 Å². The number of alkyl carbamates (subject to hydrolysis) is 1. The first-order chi connectivity index (χ1) is 16.4. The highest BCUT2D eigenvalue weighted by Crippen LogP contribution is 2.27. The Morgan fingerprint density at radius 2 is 1.77 bits per heavy atom. The molecule has 3 N–H and O–H groups in total. The summed E-state index contributed by atoms with van der Waals surface area (Å²) in [5.41, 5.74) is -0.0120. The van der Waals surface area contributed by atoms with Crippen molar-refractivity contribution >= 4 is 18.0 Å². The van der Waals surface area contributed by atoms with E-state index in [9.17, 15) is 19.5 Å². The number of ether oxygens (including phenoxy) is 3. The molecule has 2 rings (SSSR count). The number of rotatable bonds is 9. The normalized spacial score (nSPS) is 20.5. The van der Waals surface area contributed by atoms with E-state index in [0.29, 0.717) is 0 Å². The maximum absolute atomic E-state index is 12.9. The topological polar surface area (TPSA) is 123 Å². The van der Waals surface area contributed by atoms with Gasteiger partial charge in [-0.15, -0.1) is 13.2 Å². The van der Waals surface area contributed by atoms with Crippen LogP contribution in [-0.2, 0) is 30.4 Å². The fourth-order valence-corrected chi connectivity index (χ4v) is 3.50. The van der Waals surface area contributed by atoms with Gasteiger partial charge in [-0.25, -0.2) is 9.59 Å². The Labute approximate surface area is 205 Å². The lowest BCUT2D eigenvalue weighted by atomic mass is 9.88. The van der Waals surface area contributed by atoms with Gasteiger partial charge in [0, 0.05) is 12.8 Å². The molecule has 9 nitrogen and oxygen atoms in total. The molecule has 0 aromatic heterocycles. The van der Waals surface area contributed by atoms with E-state index in [0.717, 1.165) is 5.56 Å². The van der Waals surface area contributed by atoms with Crippen molar-refractivity contribution in [2.75, 3.05) is 0 Å². The molecule has 1 aromatic carbocycles. The minimum atomic E-state index is -1.25. The molecule has 1 unspecified atom stereocenters. The number of hydrogen-bond donors (Lipinski definition) is 3. The van der Waals surface area contributed by atoms with Crippen LogP contribution in [0.3, 0.4) is 0 Å². The van der Waals surface area contributed by atoms with Crippen molar-refractivity contribution in [1.82, 2.24) is 10.6 Å². The SMILES string of the molecule is C=CC(C=C)C(O)[C@@H]1OC(C(=O)OCc2ccccc2)=C[C@H](NC(=O)OC(C)(C)C)[C@H]1NC(C)=O. The average Bonchev–Trinajstić information content (AvgIpc) is 2.78. The first-order valence-electron chi connectivity index (χ1n) is 11.2. The molecular weight excluding hydrogens is 452 g/mol. The van der Waals surface area contributed by atoms with Crippen LogP contribution in [0.15, 0.2) is 67.5 Å². The van der Waals surface area contributed by atoms with E-state index >= 15 is 0 Å². The summed E-state index contributed by atoms with van der Waals surface area (Å²) in [7, 11) is 0. The number of esters is 1. The Morgan fingerprint density at radius 3 is 2.31 bits per heavy atom. The third-order valence-electron chi connectivity index (χ3n) is 5.08. The monoisotopic (exact) mass is 486 g/mol. The summed E-state index contributed by atoms with van der Waals surface area (Å²) in [5.74, 6) is -2.07. The van der Waals surface area contributed by atoms with Crippen molar-refractivity contribution in [2.24, 2.45) is 5.92 Å². The van der Waals surface area contributed by atoms with Gasteiger partial charge in [-0.1, -0.05) is 42.5 Å². The van der Waals surface area contributed by atoms with E-state index in [1.165, 1.54) is 25.2 Å². The lowest BCUT2D eigenvalue weighted by Gasteiger charge is -2.40. The maximum atomic E-state index is 12.9. The predicted octanol–water partition coefficient (Wildman–Crippen LogP) is 2.76. The number of carbonyl (C=O) groups is 3. The van der Waals surface area contributed by atoms with Gasteiger partial charge in [0.25, 0.3) is 0 Å². The number of amides is 2. The van der Waals surface area contributed by atoms with Crippen LogP contribution in [0.1, 0.15) is 33.3 Å². The summed E-state index contributed by atoms with van der Waals surface area (Å²) in [6.45, 7) is 13.8.